The summed E-state index contributed by atoms with van der Waals surface area (Å²) in [5.41, 5.74) is 3.61. The molecule has 1 N–H and O–H groups in total. The van der Waals surface area contributed by atoms with Gasteiger partial charge in [0.05, 0.1) is 10.2 Å². The van der Waals surface area contributed by atoms with Gasteiger partial charge in [0.1, 0.15) is 5.22 Å². The summed E-state index contributed by atoms with van der Waals surface area (Å²) in [6, 6.07) is 0. The number of allylic oxidation sites excluding steroid dienone is 2. The van der Waals surface area contributed by atoms with Gasteiger partial charge in [-0.1, -0.05) is 0 Å². The van der Waals surface area contributed by atoms with E-state index in [9.17, 15) is 5.11 Å². The number of fused-ring (bicyclic) bond motifs is 1. The lowest BCUT2D eigenvalue weighted by Crippen LogP contribution is -2.29. The summed E-state index contributed by atoms with van der Waals surface area (Å²) in [5, 5.41) is 9.56. The summed E-state index contributed by atoms with van der Waals surface area (Å²) in [6.45, 7) is 6.15. The van der Waals surface area contributed by atoms with Gasteiger partial charge in [-0.05, 0) is 43.6 Å². The van der Waals surface area contributed by atoms with Crippen LogP contribution >= 0.6 is 0 Å². The minimum absolute atomic E-state index is 0.309. The molecule has 2 unspecified atom stereocenters. The van der Waals surface area contributed by atoms with Gasteiger partial charge < -0.3 is 9.84 Å². The Morgan fingerprint density at radius 1 is 1.42 bits per heavy atom. The molecule has 0 spiro atoms. The van der Waals surface area contributed by atoms with Crippen LogP contribution in [-0.4, -0.2) is 26.4 Å². The molecule has 0 bridgehead atoms. The molecule has 2 nitrogen and oxygen atoms in total. The summed E-state index contributed by atoms with van der Waals surface area (Å²) in [6.07, 6.45) is 1.84. The largest absolute Gasteiger partial charge is 0.360 e. The Morgan fingerprint density at radius 3 is 2.58 bits per heavy atom. The van der Waals surface area contributed by atoms with Crippen LogP contribution in [-0.2, 0) is 4.74 Å². The van der Waals surface area contributed by atoms with Crippen molar-refractivity contribution in [2.24, 2.45) is 0 Å². The maximum atomic E-state index is 9.87. The van der Waals surface area contributed by atoms with Crippen LogP contribution in [0.25, 0.3) is 0 Å². The van der Waals surface area contributed by atoms with Gasteiger partial charge in [-0.15, -0.1) is 0 Å². The third-order valence-electron chi connectivity index (χ3n) is 3.28. The number of hydrogen-bond donors (Lipinski definition) is 1. The van der Waals surface area contributed by atoms with E-state index >= 15 is 0 Å². The molecule has 2 aliphatic rings. The second kappa shape index (κ2) is 1.92. The van der Waals surface area contributed by atoms with Crippen LogP contribution in [0.5, 0.6) is 0 Å². The molecule has 2 rings (SSSR count). The van der Waals surface area contributed by atoms with E-state index in [2.05, 4.69) is 13.8 Å². The zero-order chi connectivity index (χ0) is 9.15. The van der Waals surface area contributed by atoms with Gasteiger partial charge in [-0.25, -0.2) is 0 Å². The monoisotopic (exact) mass is 182 g/mol. The molecule has 1 aliphatic heterocycles. The zero-order valence-electron chi connectivity index (χ0n) is 7.93. The molecule has 1 aliphatic carbocycles. The normalized spacial score (nSPS) is 45.8. The minimum Gasteiger partial charge on any atom is -0.360 e. The van der Waals surface area contributed by atoms with Gasteiger partial charge in [0.2, 0.25) is 5.79 Å². The van der Waals surface area contributed by atoms with Gasteiger partial charge >= 0.3 is 0 Å². The predicted octanol–water partition coefficient (Wildman–Crippen LogP) is 0.0632. The molecule has 0 amide bonds. The van der Waals surface area contributed by atoms with Crippen molar-refractivity contribution >= 4 is 10.2 Å². The second-order valence-corrected chi connectivity index (χ2v) is 5.32. The first-order chi connectivity index (χ1) is 5.41. The predicted molar refractivity (Wildman–Crippen MR) is 50.8 cm³/mol. The fraction of sp³-hybridized carbons (Fsp3) is 0.556. The maximum Gasteiger partial charge on any atom is 0.216 e. The molecule has 1 fully saturated rings. The molecule has 66 valence electrons. The van der Waals surface area contributed by atoms with Gasteiger partial charge in [-0.2, -0.15) is 0 Å². The fourth-order valence-corrected chi connectivity index (χ4v) is 2.68. The van der Waals surface area contributed by atoms with Crippen molar-refractivity contribution < 1.29 is 9.84 Å². The molecule has 1 heterocycles. The summed E-state index contributed by atoms with van der Waals surface area (Å²) in [5.74, 6) is -0.951. The van der Waals surface area contributed by atoms with E-state index in [-0.39, 0.29) is 5.22 Å². The van der Waals surface area contributed by atoms with Crippen molar-refractivity contribution in [3.8, 4) is 0 Å². The number of rotatable bonds is 0. The zero-order valence-corrected chi connectivity index (χ0v) is 9.93. The lowest BCUT2D eigenvalue weighted by Gasteiger charge is -2.19. The van der Waals surface area contributed by atoms with Crippen molar-refractivity contribution in [3.63, 3.8) is 0 Å². The van der Waals surface area contributed by atoms with Crippen LogP contribution in [0.2, 0.25) is 0 Å². The van der Waals surface area contributed by atoms with Crippen LogP contribution in [0.15, 0.2) is 22.8 Å². The van der Waals surface area contributed by atoms with Gasteiger partial charge in [0, 0.05) is 0 Å². The van der Waals surface area contributed by atoms with E-state index in [1.54, 1.807) is 0 Å². The Bertz CT molecular complexity index is 318. The number of hydrogen-bond acceptors (Lipinski definition) is 2. The number of ether oxygens (including phenoxy) is 1. The molecule has 0 aromatic heterocycles. The molecule has 0 radical (unpaired) electrons. The highest BCUT2D eigenvalue weighted by molar-refractivity contribution is 6.20. The van der Waals surface area contributed by atoms with Crippen molar-refractivity contribution in [2.75, 3.05) is 0 Å². The lowest BCUT2D eigenvalue weighted by molar-refractivity contribution is 0.0819. The molecule has 0 saturated carbocycles. The Hall–Kier alpha value is -0.383. The van der Waals surface area contributed by atoms with Crippen LogP contribution < -0.4 is 0 Å². The van der Waals surface area contributed by atoms with Crippen molar-refractivity contribution in [1.29, 1.82) is 0 Å². The van der Waals surface area contributed by atoms with E-state index in [1.165, 1.54) is 11.1 Å². The van der Waals surface area contributed by atoms with Gasteiger partial charge in [0.15, 0.2) is 0 Å². The SMILES string of the molecule is CC1=CC2(O)OC2([SiH3])C(C)=C1C. The van der Waals surface area contributed by atoms with Crippen molar-refractivity contribution in [2.45, 2.75) is 31.8 Å². The van der Waals surface area contributed by atoms with E-state index in [0.29, 0.717) is 0 Å². The van der Waals surface area contributed by atoms with Crippen molar-refractivity contribution in [3.05, 3.63) is 22.8 Å². The number of epoxide rings is 1. The molecule has 1 saturated heterocycles. The Balaban J connectivity index is 2.54. The molecular weight excluding hydrogens is 168 g/mol. The highest BCUT2D eigenvalue weighted by Gasteiger charge is 2.67. The molecule has 2 atom stereocenters. The third kappa shape index (κ3) is 0.714. The molecule has 0 aromatic rings. The molecule has 0 aromatic carbocycles. The van der Waals surface area contributed by atoms with Gasteiger partial charge in [0.25, 0.3) is 0 Å². The summed E-state index contributed by atoms with van der Waals surface area (Å²) in [4.78, 5) is 0. The Labute approximate surface area is 75.3 Å². The molecule has 3 heteroatoms. The van der Waals surface area contributed by atoms with E-state index in [0.717, 1.165) is 15.8 Å². The third-order valence-corrected chi connectivity index (χ3v) is 4.95. The molecule has 12 heavy (non-hydrogen) atoms. The second-order valence-electron chi connectivity index (χ2n) is 3.91. The van der Waals surface area contributed by atoms with E-state index < -0.39 is 5.79 Å². The van der Waals surface area contributed by atoms with Crippen molar-refractivity contribution in [1.82, 2.24) is 0 Å². The highest BCUT2D eigenvalue weighted by Crippen LogP contribution is 2.54. The summed E-state index contributed by atoms with van der Waals surface area (Å²) in [7, 11) is 0.847. The minimum atomic E-state index is -0.951. The van der Waals surface area contributed by atoms with Crippen LogP contribution in [0.1, 0.15) is 20.8 Å². The smallest absolute Gasteiger partial charge is 0.216 e. The lowest BCUT2D eigenvalue weighted by atomic mass is 9.92. The Morgan fingerprint density at radius 2 is 2.00 bits per heavy atom. The summed E-state index contributed by atoms with van der Waals surface area (Å²) >= 11 is 0. The number of aliphatic hydroxyl groups is 1. The first-order valence-electron chi connectivity index (χ1n) is 4.21. The van der Waals surface area contributed by atoms with Gasteiger partial charge in [-0.3, -0.25) is 0 Å². The quantitative estimate of drug-likeness (QED) is 0.424. The first kappa shape index (κ1) is 8.23. The fourth-order valence-electron chi connectivity index (χ4n) is 1.85. The average molecular weight is 182 g/mol. The maximum absolute atomic E-state index is 9.87. The molecular formula is C9H14O2Si. The first-order valence-corrected chi connectivity index (χ1v) is 5.21. The van der Waals surface area contributed by atoms with Crippen LogP contribution in [0.4, 0.5) is 0 Å². The van der Waals surface area contributed by atoms with Crippen LogP contribution in [0, 0.1) is 0 Å². The Kier molecular flexibility index (Phi) is 1.32. The van der Waals surface area contributed by atoms with E-state index in [4.69, 9.17) is 4.74 Å². The average Bonchev–Trinajstić information content (AvgIpc) is 2.51. The van der Waals surface area contributed by atoms with Crippen LogP contribution in [0.3, 0.4) is 0 Å². The topological polar surface area (TPSA) is 32.8 Å². The highest BCUT2D eigenvalue weighted by atomic mass is 28.1. The summed E-state index contributed by atoms with van der Waals surface area (Å²) < 4.78 is 5.39. The standard InChI is InChI=1S/C9H14O2Si/c1-5-4-8(10)9(12,11-8)7(3)6(5)2/h4,10H,1-3,12H3. The van der Waals surface area contributed by atoms with E-state index in [1.807, 2.05) is 13.0 Å².